The molecule has 4 rings (SSSR count). The van der Waals surface area contributed by atoms with Crippen molar-refractivity contribution in [2.45, 2.75) is 123 Å². The molecule has 0 spiro atoms. The van der Waals surface area contributed by atoms with Gasteiger partial charge in [0.1, 0.15) is 24.2 Å². The third-order valence-corrected chi connectivity index (χ3v) is 10.9. The van der Waals surface area contributed by atoms with Crippen molar-refractivity contribution < 1.29 is 72.3 Å². The van der Waals surface area contributed by atoms with Gasteiger partial charge in [-0.25, -0.2) is 14.6 Å². The van der Waals surface area contributed by atoms with Crippen LogP contribution in [0, 0.1) is 11.8 Å². The smallest absolute Gasteiger partial charge is 0.336 e. The van der Waals surface area contributed by atoms with Gasteiger partial charge in [-0.3, -0.25) is 39.0 Å². The molecule has 0 radical (unpaired) electrons. The normalized spacial score (nSPS) is 17.2. The van der Waals surface area contributed by atoms with Gasteiger partial charge in [-0.15, -0.1) is 0 Å². The first-order valence-corrected chi connectivity index (χ1v) is 22.0. The minimum atomic E-state index is -1.92. The van der Waals surface area contributed by atoms with E-state index in [1.807, 2.05) is 37.3 Å². The van der Waals surface area contributed by atoms with E-state index >= 15 is 0 Å². The van der Waals surface area contributed by atoms with Crippen LogP contribution in [0.3, 0.4) is 0 Å². The molecule has 0 bridgehead atoms. The lowest BCUT2D eigenvalue weighted by molar-refractivity contribution is -0.164. The van der Waals surface area contributed by atoms with Crippen molar-refractivity contribution in [1.29, 1.82) is 0 Å². The molecule has 2 aliphatic rings. The molecule has 0 aromatic heterocycles. The van der Waals surface area contributed by atoms with Crippen LogP contribution in [0.15, 0.2) is 48.5 Å². The summed E-state index contributed by atoms with van der Waals surface area (Å²) in [5.74, 6) is -8.89. The van der Waals surface area contributed by atoms with Crippen molar-refractivity contribution in [3.8, 4) is 11.5 Å². The second kappa shape index (κ2) is 25.1. The van der Waals surface area contributed by atoms with Crippen molar-refractivity contribution in [1.82, 2.24) is 36.6 Å². The second-order valence-electron chi connectivity index (χ2n) is 16.6. The maximum absolute atomic E-state index is 14.7. The van der Waals surface area contributed by atoms with E-state index in [-0.39, 0.29) is 45.9 Å². The molecular weight excluding hydrogens is 879 g/mol. The lowest BCUT2D eigenvalue weighted by Crippen LogP contribution is -2.59. The highest BCUT2D eigenvalue weighted by Crippen LogP contribution is 2.32. The number of urea groups is 1. The number of hydrogen-bond acceptors (Lipinski definition) is 13. The second-order valence-corrected chi connectivity index (χ2v) is 16.6. The predicted octanol–water partition coefficient (Wildman–Crippen LogP) is 1.59. The summed E-state index contributed by atoms with van der Waals surface area (Å²) in [4.78, 5) is 119. The van der Waals surface area contributed by atoms with Gasteiger partial charge in [0.2, 0.25) is 24.5 Å². The molecule has 0 unspecified atom stereocenters. The van der Waals surface area contributed by atoms with Crippen LogP contribution in [0.2, 0.25) is 0 Å². The standard InChI is InChI=1S/C45H61N7O15/c1-7-16-52(45(63)46-21-29-14-15-34-35(17-29)66-24-65-34)50-41(59)33-18-30(64-23-28-12-10-9-11-13-28)22-51(33)43(61)38(25(3)4)49-42(60)39(26(5)8-2)67-44(62)32(20-37(56)57)48-40(58)31(19-36(54)55)47-27(6)53/h9-15,17,25-26,30-33,38-39H,7-8,16,18-24H2,1-6H3,(H,46,63)(H,47,53)(H,48,58)(H,49,60)(H,50,59)(H,54,55)(H,56,57)/t26-,30-,31+,32-,33-,38+,39+/m1/s1. The number of carboxylic acid groups (broad SMARTS) is 2. The number of rotatable bonds is 23. The van der Waals surface area contributed by atoms with E-state index < -0.39 is 115 Å². The van der Waals surface area contributed by atoms with E-state index in [2.05, 4.69) is 26.7 Å². The number of hydrogen-bond donors (Lipinski definition) is 7. The minimum Gasteiger partial charge on any atom is -0.481 e. The van der Waals surface area contributed by atoms with Gasteiger partial charge in [-0.1, -0.05) is 71.0 Å². The number of nitrogens with zero attached hydrogens (tertiary/aromatic N) is 2. The molecule has 22 nitrogen and oxygen atoms in total. The molecule has 7 amide bonds. The van der Waals surface area contributed by atoms with Crippen LogP contribution in [0.25, 0.3) is 0 Å². The number of amides is 7. The molecule has 7 N–H and O–H groups in total. The summed E-state index contributed by atoms with van der Waals surface area (Å²) in [7, 11) is 0. The zero-order valence-corrected chi connectivity index (χ0v) is 38.4. The summed E-state index contributed by atoms with van der Waals surface area (Å²) in [6, 6.07) is 7.75. The van der Waals surface area contributed by atoms with Crippen molar-refractivity contribution in [2.75, 3.05) is 19.9 Å². The quantitative estimate of drug-likeness (QED) is 0.0615. The van der Waals surface area contributed by atoms with Crippen LogP contribution in [-0.4, -0.2) is 130 Å². The molecule has 67 heavy (non-hydrogen) atoms. The Balaban J connectivity index is 1.54. The summed E-state index contributed by atoms with van der Waals surface area (Å²) in [5, 5.41) is 29.6. The van der Waals surface area contributed by atoms with Crippen LogP contribution in [0.5, 0.6) is 11.5 Å². The maximum Gasteiger partial charge on any atom is 0.336 e. The number of esters is 1. The molecule has 2 aromatic carbocycles. The summed E-state index contributed by atoms with van der Waals surface area (Å²) in [5.41, 5.74) is 4.24. The first-order chi connectivity index (χ1) is 31.8. The van der Waals surface area contributed by atoms with Crippen LogP contribution in [0.4, 0.5) is 4.79 Å². The lowest BCUT2D eigenvalue weighted by Gasteiger charge is -2.33. The van der Waals surface area contributed by atoms with Crippen LogP contribution >= 0.6 is 0 Å². The number of carbonyl (C=O) groups is 9. The number of carbonyl (C=O) groups excluding carboxylic acids is 7. The van der Waals surface area contributed by atoms with Gasteiger partial charge in [-0.05, 0) is 42.0 Å². The Morgan fingerprint density at radius 1 is 0.836 bits per heavy atom. The van der Waals surface area contributed by atoms with E-state index in [0.717, 1.165) is 23.1 Å². The molecule has 1 saturated heterocycles. The van der Waals surface area contributed by atoms with E-state index in [1.165, 1.54) is 4.90 Å². The minimum absolute atomic E-state index is 0.0288. The van der Waals surface area contributed by atoms with Gasteiger partial charge in [0.15, 0.2) is 17.6 Å². The Morgan fingerprint density at radius 3 is 2.13 bits per heavy atom. The summed E-state index contributed by atoms with van der Waals surface area (Å²) in [6.45, 7) is 9.78. The third kappa shape index (κ3) is 15.6. The van der Waals surface area contributed by atoms with E-state index in [9.17, 15) is 53.4 Å². The Kier molecular flexibility index (Phi) is 19.7. The Hall–Kier alpha value is -6.97. The summed E-state index contributed by atoms with van der Waals surface area (Å²) in [6.07, 6.45) is -3.47. The highest BCUT2D eigenvalue weighted by Gasteiger charge is 2.45. The molecule has 0 saturated carbocycles. The van der Waals surface area contributed by atoms with Crippen molar-refractivity contribution in [2.24, 2.45) is 11.8 Å². The average Bonchev–Trinajstić information content (AvgIpc) is 3.94. The van der Waals surface area contributed by atoms with Gasteiger partial charge in [-0.2, -0.15) is 0 Å². The molecular formula is C45H61N7O15. The third-order valence-electron chi connectivity index (χ3n) is 10.9. The monoisotopic (exact) mass is 939 g/mol. The number of benzene rings is 2. The number of hydrazine groups is 1. The van der Waals surface area contributed by atoms with Gasteiger partial charge < -0.3 is 55.3 Å². The number of likely N-dealkylation sites (tertiary alicyclic amines) is 1. The summed E-state index contributed by atoms with van der Waals surface area (Å²) >= 11 is 0. The van der Waals surface area contributed by atoms with E-state index in [1.54, 1.807) is 45.9 Å². The number of fused-ring (bicyclic) bond motifs is 1. The zero-order chi connectivity index (χ0) is 49.4. The Morgan fingerprint density at radius 2 is 1.51 bits per heavy atom. The topological polar surface area (TPSA) is 298 Å². The SMILES string of the molecule is CCCN(NC(=O)[C@H]1C[C@@H](OCc2ccccc2)CN1C(=O)[C@@H](NC(=O)[C@@H](OC(=O)[C@@H](CC(=O)O)NC(=O)[C@H](CC(=O)O)NC(C)=O)[C@H](C)CC)C(C)C)C(=O)NCc1ccc2c(c1)OCO2. The Bertz CT molecular complexity index is 2090. The van der Waals surface area contributed by atoms with Crippen molar-refractivity contribution in [3.05, 3.63) is 59.7 Å². The maximum atomic E-state index is 14.7. The van der Waals surface area contributed by atoms with Crippen molar-refractivity contribution in [3.63, 3.8) is 0 Å². The number of aliphatic carboxylic acids is 2. The zero-order valence-electron chi connectivity index (χ0n) is 38.4. The first-order valence-electron chi connectivity index (χ1n) is 22.0. The number of ether oxygens (including phenoxy) is 4. The lowest BCUT2D eigenvalue weighted by atomic mass is 9.98. The van der Waals surface area contributed by atoms with E-state index in [4.69, 9.17) is 18.9 Å². The fraction of sp³-hybridized carbons (Fsp3) is 0.533. The fourth-order valence-electron chi connectivity index (χ4n) is 7.21. The largest absolute Gasteiger partial charge is 0.481 e. The fourth-order valence-corrected chi connectivity index (χ4v) is 7.21. The van der Waals surface area contributed by atoms with Crippen LogP contribution in [0.1, 0.15) is 84.8 Å². The molecule has 2 aliphatic heterocycles. The van der Waals surface area contributed by atoms with Gasteiger partial charge in [0, 0.05) is 38.9 Å². The molecule has 2 aromatic rings. The molecule has 2 heterocycles. The molecule has 22 heteroatoms. The molecule has 1 fully saturated rings. The van der Waals surface area contributed by atoms with Gasteiger partial charge in [0.25, 0.3) is 11.8 Å². The highest BCUT2D eigenvalue weighted by molar-refractivity contribution is 5.96. The van der Waals surface area contributed by atoms with Crippen molar-refractivity contribution >= 4 is 53.5 Å². The van der Waals surface area contributed by atoms with Crippen LogP contribution in [-0.2, 0) is 61.0 Å². The average molecular weight is 940 g/mol. The first kappa shape index (κ1) is 52.7. The summed E-state index contributed by atoms with van der Waals surface area (Å²) < 4.78 is 22.6. The number of carboxylic acids is 2. The van der Waals surface area contributed by atoms with Crippen LogP contribution < -0.4 is 36.2 Å². The molecule has 366 valence electrons. The predicted molar refractivity (Wildman–Crippen MR) is 235 cm³/mol. The van der Waals surface area contributed by atoms with E-state index in [0.29, 0.717) is 17.9 Å². The molecule has 7 atom stereocenters. The van der Waals surface area contributed by atoms with Gasteiger partial charge >= 0.3 is 23.9 Å². The Labute approximate surface area is 387 Å². The number of nitrogens with one attached hydrogen (secondary N) is 5. The molecule has 0 aliphatic carbocycles. The highest BCUT2D eigenvalue weighted by atomic mass is 16.7. The van der Waals surface area contributed by atoms with Gasteiger partial charge in [0.05, 0.1) is 25.6 Å².